The number of carbonyl (C=O) groups excluding carboxylic acids is 2. The summed E-state index contributed by atoms with van der Waals surface area (Å²) in [5.41, 5.74) is 8.62. The molecule has 6 nitrogen and oxygen atoms in total. The molecule has 31 heavy (non-hydrogen) atoms. The zero-order valence-corrected chi connectivity index (χ0v) is 17.8. The number of nitrogens with zero attached hydrogens (tertiary/aromatic N) is 1. The zero-order valence-electron chi connectivity index (χ0n) is 17.8. The Kier molecular flexibility index (Phi) is 7.27. The van der Waals surface area contributed by atoms with E-state index in [1.165, 1.54) is 11.3 Å². The second kappa shape index (κ2) is 10.3. The number of nitrogens with one attached hydrogen (secondary N) is 1. The average molecular weight is 418 g/mol. The minimum absolute atomic E-state index is 0.127. The van der Waals surface area contributed by atoms with E-state index in [9.17, 15) is 9.59 Å². The number of aryl methyl sites for hydroxylation is 1. The highest BCUT2D eigenvalue weighted by Gasteiger charge is 2.09. The Morgan fingerprint density at radius 1 is 0.903 bits per heavy atom. The van der Waals surface area contributed by atoms with Crippen molar-refractivity contribution in [2.75, 3.05) is 24.5 Å². The molecule has 0 aliphatic rings. The molecule has 3 aromatic carbocycles. The number of likely N-dealkylation sites (N-methyl/N-ethyl adjacent to an activating group) is 1. The number of anilines is 1. The van der Waals surface area contributed by atoms with Crippen molar-refractivity contribution in [1.82, 2.24) is 5.32 Å². The van der Waals surface area contributed by atoms with Crippen LogP contribution in [0.3, 0.4) is 0 Å². The van der Waals surface area contributed by atoms with Gasteiger partial charge in [-0.15, -0.1) is 0 Å². The quantitative estimate of drug-likeness (QED) is 0.548. The molecule has 0 heterocycles. The smallest absolute Gasteiger partial charge is 0.251 e. The Morgan fingerprint density at radius 3 is 2.03 bits per heavy atom. The molecule has 3 N–H and O–H groups in total. The number of primary amides is 1. The summed E-state index contributed by atoms with van der Waals surface area (Å²) >= 11 is 0. The van der Waals surface area contributed by atoms with Crippen molar-refractivity contribution < 1.29 is 14.3 Å². The fourth-order valence-electron chi connectivity index (χ4n) is 3.27. The number of ether oxygens (including phenoxy) is 1. The molecule has 2 amide bonds. The first-order valence-corrected chi connectivity index (χ1v) is 10.2. The monoisotopic (exact) mass is 417 g/mol. The minimum atomic E-state index is -0.483. The standard InChI is InChI=1S/C25H27N3O3/c1-3-28(23-7-5-4-6-18(23)2)17-16-27-25(30)20-10-14-22(15-11-20)31-21-12-8-19(9-13-21)24(26)29/h4-15H,3,16-17H2,1-2H3,(H2,26,29)(H,27,30). The van der Waals surface area contributed by atoms with E-state index in [0.717, 1.165) is 13.1 Å². The maximum absolute atomic E-state index is 12.5. The number of benzene rings is 3. The molecular formula is C25H27N3O3. The van der Waals surface area contributed by atoms with Gasteiger partial charge in [0.05, 0.1) is 0 Å². The Bertz CT molecular complexity index is 1030. The summed E-state index contributed by atoms with van der Waals surface area (Å²) in [7, 11) is 0. The number of nitrogens with two attached hydrogens (primary N) is 1. The number of amides is 2. The highest BCUT2D eigenvalue weighted by Crippen LogP contribution is 2.22. The van der Waals surface area contributed by atoms with Gasteiger partial charge >= 0.3 is 0 Å². The van der Waals surface area contributed by atoms with E-state index in [1.54, 1.807) is 48.5 Å². The summed E-state index contributed by atoms with van der Waals surface area (Å²) in [5, 5.41) is 2.97. The Morgan fingerprint density at radius 2 is 1.48 bits per heavy atom. The van der Waals surface area contributed by atoms with Gasteiger partial charge < -0.3 is 20.7 Å². The molecule has 0 aromatic heterocycles. The molecule has 0 spiro atoms. The predicted octanol–water partition coefficient (Wildman–Crippen LogP) is 4.14. The zero-order chi connectivity index (χ0) is 22.2. The summed E-state index contributed by atoms with van der Waals surface area (Å²) in [6.45, 7) is 6.34. The lowest BCUT2D eigenvalue weighted by Gasteiger charge is -2.25. The van der Waals surface area contributed by atoms with Crippen LogP contribution >= 0.6 is 0 Å². The van der Waals surface area contributed by atoms with Crippen LogP contribution in [0.4, 0.5) is 5.69 Å². The number of hydrogen-bond donors (Lipinski definition) is 2. The van der Waals surface area contributed by atoms with E-state index >= 15 is 0 Å². The van der Waals surface area contributed by atoms with Gasteiger partial charge in [-0.2, -0.15) is 0 Å². The molecule has 3 aromatic rings. The van der Waals surface area contributed by atoms with Gasteiger partial charge in [0.1, 0.15) is 11.5 Å². The van der Waals surface area contributed by atoms with E-state index < -0.39 is 5.91 Å². The van der Waals surface area contributed by atoms with Crippen molar-refractivity contribution in [1.29, 1.82) is 0 Å². The molecule has 0 aliphatic heterocycles. The largest absolute Gasteiger partial charge is 0.457 e. The predicted molar refractivity (Wildman–Crippen MR) is 123 cm³/mol. The molecule has 0 saturated heterocycles. The van der Waals surface area contributed by atoms with Gasteiger partial charge in [-0.3, -0.25) is 9.59 Å². The van der Waals surface area contributed by atoms with Crippen LogP contribution in [-0.2, 0) is 0 Å². The van der Waals surface area contributed by atoms with E-state index in [1.807, 2.05) is 12.1 Å². The number of carbonyl (C=O) groups is 2. The highest BCUT2D eigenvalue weighted by molar-refractivity contribution is 5.94. The fraction of sp³-hybridized carbons (Fsp3) is 0.200. The van der Waals surface area contributed by atoms with Crippen LogP contribution in [0.15, 0.2) is 72.8 Å². The summed E-state index contributed by atoms with van der Waals surface area (Å²) in [5.74, 6) is 0.569. The number of hydrogen-bond acceptors (Lipinski definition) is 4. The van der Waals surface area contributed by atoms with Gasteiger partial charge in [0.15, 0.2) is 0 Å². The van der Waals surface area contributed by atoms with Crippen molar-refractivity contribution >= 4 is 17.5 Å². The molecule has 0 saturated carbocycles. The third kappa shape index (κ3) is 5.85. The summed E-state index contributed by atoms with van der Waals surface area (Å²) in [4.78, 5) is 25.9. The maximum Gasteiger partial charge on any atom is 0.251 e. The average Bonchev–Trinajstić information content (AvgIpc) is 2.78. The van der Waals surface area contributed by atoms with E-state index in [2.05, 4.69) is 36.2 Å². The lowest BCUT2D eigenvalue weighted by molar-refractivity contribution is 0.0953. The van der Waals surface area contributed by atoms with Gasteiger partial charge in [0.25, 0.3) is 5.91 Å². The second-order valence-electron chi connectivity index (χ2n) is 7.14. The highest BCUT2D eigenvalue weighted by atomic mass is 16.5. The van der Waals surface area contributed by atoms with Crippen LogP contribution in [0.1, 0.15) is 33.2 Å². The lowest BCUT2D eigenvalue weighted by atomic mass is 10.2. The van der Waals surface area contributed by atoms with Gasteiger partial charge in [-0.05, 0) is 74.0 Å². The molecule has 0 atom stereocenters. The Labute approximate surface area is 182 Å². The van der Waals surface area contributed by atoms with Crippen LogP contribution in [0.25, 0.3) is 0 Å². The van der Waals surface area contributed by atoms with Crippen molar-refractivity contribution in [3.63, 3.8) is 0 Å². The molecule has 3 rings (SSSR count). The van der Waals surface area contributed by atoms with Gasteiger partial charge in [-0.25, -0.2) is 0 Å². The second-order valence-corrected chi connectivity index (χ2v) is 7.14. The minimum Gasteiger partial charge on any atom is -0.457 e. The number of rotatable bonds is 9. The van der Waals surface area contributed by atoms with E-state index in [-0.39, 0.29) is 5.91 Å². The molecule has 0 fully saturated rings. The van der Waals surface area contributed by atoms with Crippen molar-refractivity contribution in [2.24, 2.45) is 5.73 Å². The first-order valence-electron chi connectivity index (χ1n) is 10.2. The molecular weight excluding hydrogens is 390 g/mol. The van der Waals surface area contributed by atoms with Crippen LogP contribution in [0.2, 0.25) is 0 Å². The lowest BCUT2D eigenvalue weighted by Crippen LogP contribution is -2.35. The van der Waals surface area contributed by atoms with Crippen molar-refractivity contribution in [3.05, 3.63) is 89.5 Å². The first kappa shape index (κ1) is 21.9. The van der Waals surface area contributed by atoms with Crippen LogP contribution in [-0.4, -0.2) is 31.4 Å². The van der Waals surface area contributed by atoms with Gasteiger partial charge in [0, 0.05) is 36.4 Å². The molecule has 6 heteroatoms. The van der Waals surface area contributed by atoms with Gasteiger partial charge in [0.2, 0.25) is 5.91 Å². The number of para-hydroxylation sites is 1. The molecule has 0 bridgehead atoms. The van der Waals surface area contributed by atoms with E-state index in [4.69, 9.17) is 10.5 Å². The van der Waals surface area contributed by atoms with E-state index in [0.29, 0.717) is 29.2 Å². The normalized spacial score (nSPS) is 10.4. The fourth-order valence-corrected chi connectivity index (χ4v) is 3.27. The first-order chi connectivity index (χ1) is 15.0. The van der Waals surface area contributed by atoms with Crippen molar-refractivity contribution in [2.45, 2.75) is 13.8 Å². The molecule has 0 radical (unpaired) electrons. The third-order valence-electron chi connectivity index (χ3n) is 5.00. The summed E-state index contributed by atoms with van der Waals surface area (Å²) < 4.78 is 5.74. The Hall–Kier alpha value is -3.80. The third-order valence-corrected chi connectivity index (χ3v) is 5.00. The van der Waals surface area contributed by atoms with Crippen LogP contribution < -0.4 is 20.7 Å². The van der Waals surface area contributed by atoms with Crippen molar-refractivity contribution in [3.8, 4) is 11.5 Å². The molecule has 160 valence electrons. The van der Waals surface area contributed by atoms with Gasteiger partial charge in [-0.1, -0.05) is 18.2 Å². The maximum atomic E-state index is 12.5. The molecule has 0 aliphatic carbocycles. The topological polar surface area (TPSA) is 84.7 Å². The SMILES string of the molecule is CCN(CCNC(=O)c1ccc(Oc2ccc(C(N)=O)cc2)cc1)c1ccccc1C. The summed E-state index contributed by atoms with van der Waals surface area (Å²) in [6, 6.07) is 21.7. The summed E-state index contributed by atoms with van der Waals surface area (Å²) in [6.07, 6.45) is 0. The van der Waals surface area contributed by atoms with Crippen LogP contribution in [0, 0.1) is 6.92 Å². The van der Waals surface area contributed by atoms with Crippen LogP contribution in [0.5, 0.6) is 11.5 Å². The Balaban J connectivity index is 1.53. The molecule has 0 unspecified atom stereocenters.